The fourth-order valence-electron chi connectivity index (χ4n) is 8.75. The van der Waals surface area contributed by atoms with E-state index in [-0.39, 0.29) is 0 Å². The lowest BCUT2D eigenvalue weighted by Gasteiger charge is -2.27. The number of fused-ring (bicyclic) bond motifs is 1. The minimum atomic E-state index is 0.437. The molecule has 0 amide bonds. The summed E-state index contributed by atoms with van der Waals surface area (Å²) in [5.74, 6) is 1.77. The fourth-order valence-corrected chi connectivity index (χ4v) is 8.75. The summed E-state index contributed by atoms with van der Waals surface area (Å²) < 4.78 is 0. The highest BCUT2D eigenvalue weighted by Crippen LogP contribution is 2.39. The zero-order valence-corrected chi connectivity index (χ0v) is 36.5. The highest BCUT2D eigenvalue weighted by Gasteiger charge is 2.25. The molecule has 0 fully saturated rings. The van der Waals surface area contributed by atoms with Gasteiger partial charge in [0.15, 0.2) is 17.5 Å². The van der Waals surface area contributed by atoms with Crippen LogP contribution >= 0.6 is 0 Å². The molecule has 11 rings (SSSR count). The number of rotatable bonds is 10. The summed E-state index contributed by atoms with van der Waals surface area (Å²) in [5.41, 5.74) is 17.1. The molecule has 0 bridgehead atoms. The fraction of sp³-hybridized carbons (Fsp3) is 0. The van der Waals surface area contributed by atoms with Crippen molar-refractivity contribution < 1.29 is 0 Å². The monoisotopic (exact) mass is 857 g/mol. The smallest absolute Gasteiger partial charge is 0.164 e. The minimum Gasteiger partial charge on any atom is -0.354 e. The standard InChI is InChI=1S/C62H43N5/c63-58(46-28-15-5-16-29-46)57(45-26-13-4-14-27-45)59-55-40-49(34-35-50(55)41-56(64-59)44-24-11-3-12-25-44)48-32-19-33-51(36-48)61-65-60(47-30-17-6-18-31-47)66-62(67-61)54-38-52(42-20-7-1-8-21-42)37-53(39-54)43-22-9-2-10-23-43/h1-41,63-64H/b59-57-,63-58?. The van der Waals surface area contributed by atoms with Crippen LogP contribution in [0.5, 0.6) is 0 Å². The lowest BCUT2D eigenvalue weighted by molar-refractivity contribution is 1.07. The van der Waals surface area contributed by atoms with E-state index < -0.39 is 0 Å². The molecule has 2 heterocycles. The Morgan fingerprint density at radius 3 is 1.33 bits per heavy atom. The third-order valence-electron chi connectivity index (χ3n) is 12.1. The molecule has 0 saturated heterocycles. The molecule has 0 aliphatic carbocycles. The molecule has 9 aromatic carbocycles. The maximum atomic E-state index is 9.75. The number of aromatic nitrogens is 3. The van der Waals surface area contributed by atoms with E-state index in [1.807, 2.05) is 97.1 Å². The van der Waals surface area contributed by atoms with Crippen LogP contribution in [0.2, 0.25) is 0 Å². The second-order valence-electron chi connectivity index (χ2n) is 16.5. The molecule has 0 saturated carbocycles. The Labute approximate surface area is 390 Å². The number of hydrogen-bond donors (Lipinski definition) is 2. The van der Waals surface area contributed by atoms with Crippen LogP contribution in [0.1, 0.15) is 27.8 Å². The van der Waals surface area contributed by atoms with Crippen molar-refractivity contribution in [1.29, 1.82) is 5.41 Å². The van der Waals surface area contributed by atoms with Gasteiger partial charge in [-0.15, -0.1) is 0 Å². The van der Waals surface area contributed by atoms with Crippen molar-refractivity contribution in [3.05, 3.63) is 270 Å². The van der Waals surface area contributed by atoms with E-state index in [2.05, 4.69) is 157 Å². The first-order chi connectivity index (χ1) is 33.1. The predicted molar refractivity (Wildman–Crippen MR) is 276 cm³/mol. The van der Waals surface area contributed by atoms with Gasteiger partial charge in [0.25, 0.3) is 0 Å². The van der Waals surface area contributed by atoms with E-state index in [9.17, 15) is 5.41 Å². The van der Waals surface area contributed by atoms with Crippen molar-refractivity contribution in [2.24, 2.45) is 0 Å². The van der Waals surface area contributed by atoms with Crippen molar-refractivity contribution in [2.75, 3.05) is 0 Å². The predicted octanol–water partition coefficient (Wildman–Crippen LogP) is 14.9. The van der Waals surface area contributed by atoms with Crippen LogP contribution < -0.4 is 5.32 Å². The molecule has 0 atom stereocenters. The first-order valence-corrected chi connectivity index (χ1v) is 22.4. The van der Waals surface area contributed by atoms with Crippen LogP contribution in [0, 0.1) is 5.41 Å². The summed E-state index contributed by atoms with van der Waals surface area (Å²) >= 11 is 0. The molecule has 5 nitrogen and oxygen atoms in total. The van der Waals surface area contributed by atoms with Gasteiger partial charge in [0.05, 0.1) is 11.4 Å². The van der Waals surface area contributed by atoms with E-state index >= 15 is 0 Å². The quantitative estimate of drug-likeness (QED) is 0.134. The van der Waals surface area contributed by atoms with Crippen molar-refractivity contribution in [3.8, 4) is 67.5 Å². The summed E-state index contributed by atoms with van der Waals surface area (Å²) in [6.45, 7) is 0. The zero-order chi connectivity index (χ0) is 44.9. The summed E-state index contributed by atoms with van der Waals surface area (Å²) in [5, 5.41) is 13.6. The third-order valence-corrected chi connectivity index (χ3v) is 12.1. The Morgan fingerprint density at radius 1 is 0.328 bits per heavy atom. The van der Waals surface area contributed by atoms with Crippen LogP contribution in [0.3, 0.4) is 0 Å². The van der Waals surface area contributed by atoms with Gasteiger partial charge in [0.1, 0.15) is 0 Å². The molecule has 0 spiro atoms. The van der Waals surface area contributed by atoms with E-state index in [4.69, 9.17) is 15.0 Å². The largest absolute Gasteiger partial charge is 0.354 e. The Hall–Kier alpha value is -9.06. The van der Waals surface area contributed by atoms with Crippen molar-refractivity contribution >= 4 is 28.8 Å². The van der Waals surface area contributed by atoms with Gasteiger partial charge in [-0.25, -0.2) is 15.0 Å². The molecular weight excluding hydrogens is 815 g/mol. The van der Waals surface area contributed by atoms with Gasteiger partial charge in [-0.2, -0.15) is 0 Å². The van der Waals surface area contributed by atoms with Gasteiger partial charge in [-0.1, -0.05) is 212 Å². The molecular formula is C62H43N5. The highest BCUT2D eigenvalue weighted by molar-refractivity contribution is 6.36. The zero-order valence-electron chi connectivity index (χ0n) is 36.5. The molecule has 1 aliphatic heterocycles. The number of benzene rings is 9. The lowest BCUT2D eigenvalue weighted by atomic mass is 9.86. The van der Waals surface area contributed by atoms with Crippen LogP contribution in [-0.4, -0.2) is 20.7 Å². The summed E-state index contributed by atoms with van der Waals surface area (Å²) in [6.07, 6.45) is 2.20. The molecule has 0 unspecified atom stereocenters. The summed E-state index contributed by atoms with van der Waals surface area (Å²) in [7, 11) is 0. The van der Waals surface area contributed by atoms with Crippen LogP contribution in [0.15, 0.2) is 243 Å². The minimum absolute atomic E-state index is 0.437. The van der Waals surface area contributed by atoms with Gasteiger partial charge in [-0.05, 0) is 86.5 Å². The van der Waals surface area contributed by atoms with Gasteiger partial charge in [0, 0.05) is 39.1 Å². The van der Waals surface area contributed by atoms with E-state index in [1.165, 1.54) is 0 Å². The first-order valence-electron chi connectivity index (χ1n) is 22.4. The summed E-state index contributed by atoms with van der Waals surface area (Å²) in [4.78, 5) is 15.6. The van der Waals surface area contributed by atoms with E-state index in [0.717, 1.165) is 94.9 Å². The average Bonchev–Trinajstić information content (AvgIpc) is 3.42. The van der Waals surface area contributed by atoms with Crippen LogP contribution in [0.25, 0.3) is 90.6 Å². The second kappa shape index (κ2) is 18.2. The Balaban J connectivity index is 1.06. The van der Waals surface area contributed by atoms with Crippen LogP contribution in [-0.2, 0) is 0 Å². The Bertz CT molecular complexity index is 3400. The summed E-state index contributed by atoms with van der Waals surface area (Å²) in [6, 6.07) is 83.3. The molecule has 5 heteroatoms. The van der Waals surface area contributed by atoms with E-state index in [0.29, 0.717) is 23.2 Å². The average molecular weight is 858 g/mol. The topological polar surface area (TPSA) is 74.6 Å². The molecule has 2 N–H and O–H groups in total. The number of nitrogens with one attached hydrogen (secondary N) is 2. The molecule has 67 heavy (non-hydrogen) atoms. The molecule has 1 aliphatic rings. The van der Waals surface area contributed by atoms with Crippen LogP contribution in [0.4, 0.5) is 0 Å². The molecule has 1 aromatic heterocycles. The third kappa shape index (κ3) is 8.53. The normalized spacial score (nSPS) is 12.6. The van der Waals surface area contributed by atoms with Gasteiger partial charge >= 0.3 is 0 Å². The number of nitrogens with zero attached hydrogens (tertiary/aromatic N) is 3. The highest BCUT2D eigenvalue weighted by atomic mass is 15.0. The second-order valence-corrected chi connectivity index (χ2v) is 16.5. The Kier molecular flexibility index (Phi) is 11.1. The molecule has 316 valence electrons. The van der Waals surface area contributed by atoms with Gasteiger partial charge < -0.3 is 5.32 Å². The SMILES string of the molecule is N=C(/C(=C1\NC(c2ccccc2)=Cc2ccc(-c3cccc(-c4nc(-c5ccccc5)nc(-c5cc(-c6ccccc6)cc(-c6ccccc6)c5)n4)c3)cc21)c1ccccc1)c1ccccc1. The molecule has 0 radical (unpaired) electrons. The van der Waals surface area contributed by atoms with Crippen molar-refractivity contribution in [2.45, 2.75) is 0 Å². The number of hydrogen-bond acceptors (Lipinski definition) is 5. The Morgan fingerprint density at radius 2 is 0.746 bits per heavy atom. The molecule has 10 aromatic rings. The van der Waals surface area contributed by atoms with Crippen molar-refractivity contribution in [3.63, 3.8) is 0 Å². The number of allylic oxidation sites excluding steroid dienone is 1. The first kappa shape index (κ1) is 40.7. The van der Waals surface area contributed by atoms with E-state index in [1.54, 1.807) is 0 Å². The maximum Gasteiger partial charge on any atom is 0.164 e. The van der Waals surface area contributed by atoms with Gasteiger partial charge in [0.2, 0.25) is 0 Å². The lowest BCUT2D eigenvalue weighted by Crippen LogP contribution is -2.20. The maximum absolute atomic E-state index is 9.75. The van der Waals surface area contributed by atoms with Gasteiger partial charge in [-0.3, -0.25) is 5.41 Å². The van der Waals surface area contributed by atoms with Crippen molar-refractivity contribution in [1.82, 2.24) is 20.3 Å².